The molecule has 0 bridgehead atoms. The monoisotopic (exact) mass is 344 g/mol. The van der Waals surface area contributed by atoms with Crippen molar-refractivity contribution in [3.8, 4) is 0 Å². The van der Waals surface area contributed by atoms with Crippen LogP contribution in [0.25, 0.3) is 0 Å². The van der Waals surface area contributed by atoms with Crippen LogP contribution in [-0.4, -0.2) is 31.6 Å². The molecule has 2 amide bonds. The van der Waals surface area contributed by atoms with Gasteiger partial charge >= 0.3 is 0 Å². The molecule has 2 N–H and O–H groups in total. The molecule has 2 aliphatic heterocycles. The highest BCUT2D eigenvalue weighted by molar-refractivity contribution is 6.07. The highest BCUT2D eigenvalue weighted by Gasteiger charge is 2.38. The lowest BCUT2D eigenvalue weighted by atomic mass is 9.74. The van der Waals surface area contributed by atoms with E-state index in [4.69, 9.17) is 4.74 Å². The van der Waals surface area contributed by atoms with Gasteiger partial charge in [-0.1, -0.05) is 13.8 Å². The number of anilines is 1. The van der Waals surface area contributed by atoms with E-state index in [1.54, 1.807) is 6.07 Å². The Morgan fingerprint density at radius 1 is 1.32 bits per heavy atom. The highest BCUT2D eigenvalue weighted by atomic mass is 16.5. The summed E-state index contributed by atoms with van der Waals surface area (Å²) < 4.78 is 5.44. The second-order valence-electron chi connectivity index (χ2n) is 8.40. The van der Waals surface area contributed by atoms with E-state index in [0.29, 0.717) is 18.0 Å². The molecule has 5 heteroatoms. The average molecular weight is 344 g/mol. The molecular weight excluding hydrogens is 316 g/mol. The van der Waals surface area contributed by atoms with E-state index >= 15 is 0 Å². The molecule has 0 saturated carbocycles. The van der Waals surface area contributed by atoms with Crippen molar-refractivity contribution in [3.63, 3.8) is 0 Å². The summed E-state index contributed by atoms with van der Waals surface area (Å²) in [6.45, 7) is 10.4. The van der Waals surface area contributed by atoms with Crippen LogP contribution in [0.1, 0.15) is 56.5 Å². The van der Waals surface area contributed by atoms with Crippen LogP contribution >= 0.6 is 0 Å². The Morgan fingerprint density at radius 3 is 2.68 bits per heavy atom. The lowest BCUT2D eigenvalue weighted by Crippen LogP contribution is -2.40. The molecule has 1 aromatic rings. The molecule has 1 saturated heterocycles. The molecular formula is C20H28N2O3. The molecule has 1 aromatic carbocycles. The predicted molar refractivity (Wildman–Crippen MR) is 97.8 cm³/mol. The van der Waals surface area contributed by atoms with Gasteiger partial charge in [-0.2, -0.15) is 0 Å². The molecule has 5 nitrogen and oxygen atoms in total. The summed E-state index contributed by atoms with van der Waals surface area (Å²) >= 11 is 0. The van der Waals surface area contributed by atoms with Gasteiger partial charge in [-0.15, -0.1) is 0 Å². The Morgan fingerprint density at radius 2 is 2.00 bits per heavy atom. The number of amides is 2. The number of nitrogens with one attached hydrogen (secondary N) is 2. The van der Waals surface area contributed by atoms with Crippen molar-refractivity contribution in [1.82, 2.24) is 5.32 Å². The first kappa shape index (κ1) is 17.9. The minimum absolute atomic E-state index is 0.0271. The van der Waals surface area contributed by atoms with Crippen molar-refractivity contribution in [1.29, 1.82) is 0 Å². The zero-order chi connectivity index (χ0) is 18.2. The largest absolute Gasteiger partial charge is 0.381 e. The molecule has 136 valence electrons. The van der Waals surface area contributed by atoms with Gasteiger partial charge in [0.25, 0.3) is 5.91 Å². The third-order valence-corrected chi connectivity index (χ3v) is 5.80. The molecule has 0 aromatic heterocycles. The van der Waals surface area contributed by atoms with Crippen LogP contribution in [0.3, 0.4) is 0 Å². The van der Waals surface area contributed by atoms with Gasteiger partial charge in [-0.05, 0) is 61.8 Å². The maximum atomic E-state index is 12.6. The first-order chi connectivity index (χ1) is 11.7. The quantitative estimate of drug-likeness (QED) is 0.882. The van der Waals surface area contributed by atoms with E-state index in [-0.39, 0.29) is 17.2 Å². The Bertz CT molecular complexity index is 688. The number of hydrogen-bond acceptors (Lipinski definition) is 3. The first-order valence-corrected chi connectivity index (χ1v) is 9.04. The lowest BCUT2D eigenvalue weighted by molar-refractivity contribution is -0.119. The number of hydrogen-bond donors (Lipinski definition) is 2. The van der Waals surface area contributed by atoms with Crippen LogP contribution in [0.2, 0.25) is 0 Å². The second kappa shape index (κ2) is 6.45. The molecule has 2 aliphatic rings. The van der Waals surface area contributed by atoms with Gasteiger partial charge in [-0.25, -0.2) is 0 Å². The number of carbonyl (C=O) groups is 2. The fourth-order valence-electron chi connectivity index (χ4n) is 3.75. The fraction of sp³-hybridized carbons (Fsp3) is 0.600. The van der Waals surface area contributed by atoms with E-state index in [9.17, 15) is 9.59 Å². The fourth-order valence-corrected chi connectivity index (χ4v) is 3.75. The number of ether oxygens (including phenoxy) is 1. The van der Waals surface area contributed by atoms with Crippen LogP contribution in [0, 0.1) is 11.3 Å². The minimum atomic E-state index is -0.604. The van der Waals surface area contributed by atoms with Gasteiger partial charge in [0.15, 0.2) is 0 Å². The van der Waals surface area contributed by atoms with Crippen LogP contribution in [0.15, 0.2) is 18.2 Å². The molecule has 2 heterocycles. The maximum absolute atomic E-state index is 12.6. The number of rotatable bonds is 4. The molecule has 25 heavy (non-hydrogen) atoms. The van der Waals surface area contributed by atoms with Crippen molar-refractivity contribution in [2.24, 2.45) is 11.3 Å². The summed E-state index contributed by atoms with van der Waals surface area (Å²) in [7, 11) is 0. The zero-order valence-corrected chi connectivity index (χ0v) is 15.6. The van der Waals surface area contributed by atoms with E-state index in [0.717, 1.165) is 37.3 Å². The number of fused-ring (bicyclic) bond motifs is 1. The second-order valence-corrected chi connectivity index (χ2v) is 8.40. The minimum Gasteiger partial charge on any atom is -0.381 e. The number of carbonyl (C=O) groups excluding carboxylic acids is 2. The van der Waals surface area contributed by atoms with E-state index in [2.05, 4.69) is 24.5 Å². The highest BCUT2D eigenvalue weighted by Crippen LogP contribution is 2.38. The Kier molecular flexibility index (Phi) is 4.62. The molecule has 0 radical (unpaired) electrons. The van der Waals surface area contributed by atoms with Gasteiger partial charge in [-0.3, -0.25) is 9.59 Å². The van der Waals surface area contributed by atoms with E-state index < -0.39 is 5.41 Å². The molecule has 0 spiro atoms. The molecule has 3 rings (SSSR count). The first-order valence-electron chi connectivity index (χ1n) is 9.04. The van der Waals surface area contributed by atoms with E-state index in [1.807, 2.05) is 26.0 Å². The molecule has 0 aliphatic carbocycles. The molecule has 1 fully saturated rings. The van der Waals surface area contributed by atoms with Crippen molar-refractivity contribution in [3.05, 3.63) is 29.3 Å². The van der Waals surface area contributed by atoms with Crippen LogP contribution in [-0.2, 0) is 14.9 Å². The third kappa shape index (κ3) is 3.43. The van der Waals surface area contributed by atoms with Gasteiger partial charge in [0, 0.05) is 31.0 Å². The van der Waals surface area contributed by atoms with Crippen molar-refractivity contribution in [2.45, 2.75) is 46.0 Å². The molecule has 0 unspecified atom stereocenters. The van der Waals surface area contributed by atoms with Gasteiger partial charge in [0.2, 0.25) is 5.91 Å². The maximum Gasteiger partial charge on any atom is 0.251 e. The normalized spacial score (nSPS) is 20.1. The Balaban J connectivity index is 1.68. The predicted octanol–water partition coefficient (Wildman–Crippen LogP) is 3.10. The van der Waals surface area contributed by atoms with E-state index in [1.165, 1.54) is 0 Å². The topological polar surface area (TPSA) is 67.4 Å². The van der Waals surface area contributed by atoms with Crippen molar-refractivity contribution < 1.29 is 14.3 Å². The Hall–Kier alpha value is -1.88. The zero-order valence-electron chi connectivity index (χ0n) is 15.6. The van der Waals surface area contributed by atoms with Crippen LogP contribution < -0.4 is 10.6 Å². The Labute approximate surface area is 149 Å². The smallest absolute Gasteiger partial charge is 0.251 e. The van der Waals surface area contributed by atoms with Crippen molar-refractivity contribution >= 4 is 17.5 Å². The summed E-state index contributed by atoms with van der Waals surface area (Å²) in [5, 5.41) is 5.95. The standard InChI is InChI=1S/C20H28N2O3/c1-19(2,14-7-9-25-10-8-14)12-21-17(23)13-5-6-16-15(11-13)20(3,4)18(24)22-16/h5-6,11,14H,7-10,12H2,1-4H3,(H,21,23)(H,22,24). The van der Waals surface area contributed by atoms with Gasteiger partial charge < -0.3 is 15.4 Å². The van der Waals surface area contributed by atoms with Gasteiger partial charge in [0.05, 0.1) is 5.41 Å². The summed E-state index contributed by atoms with van der Waals surface area (Å²) in [5.41, 5.74) is 1.72. The van der Waals surface area contributed by atoms with Crippen molar-refractivity contribution in [2.75, 3.05) is 25.1 Å². The lowest BCUT2D eigenvalue weighted by Gasteiger charge is -2.37. The summed E-state index contributed by atoms with van der Waals surface area (Å²) in [6.07, 6.45) is 2.09. The van der Waals surface area contributed by atoms with Crippen LogP contribution in [0.5, 0.6) is 0 Å². The summed E-state index contributed by atoms with van der Waals surface area (Å²) in [5.74, 6) is 0.445. The summed E-state index contributed by atoms with van der Waals surface area (Å²) in [4.78, 5) is 24.7. The van der Waals surface area contributed by atoms with Crippen LogP contribution in [0.4, 0.5) is 5.69 Å². The molecule has 0 atom stereocenters. The summed E-state index contributed by atoms with van der Waals surface area (Å²) in [6, 6.07) is 5.43. The van der Waals surface area contributed by atoms with Gasteiger partial charge in [0.1, 0.15) is 0 Å². The third-order valence-electron chi connectivity index (χ3n) is 5.80. The number of benzene rings is 1. The average Bonchev–Trinajstić information content (AvgIpc) is 2.82. The SMILES string of the molecule is CC1(C)C(=O)Nc2ccc(C(=O)NCC(C)(C)C3CCOCC3)cc21.